The molecule has 0 aliphatic carbocycles. The average molecular weight is 1700 g/mol. The monoisotopic (exact) mass is 1690 g/mol. The van der Waals surface area contributed by atoms with Gasteiger partial charge in [-0.1, -0.05) is 291 Å². The van der Waals surface area contributed by atoms with Crippen LogP contribution in [0.5, 0.6) is 0 Å². The van der Waals surface area contributed by atoms with Crippen molar-refractivity contribution in [2.24, 2.45) is 0 Å². The molecule has 0 saturated carbocycles. The molecule has 1 aliphatic heterocycles. The predicted molar refractivity (Wildman–Crippen MR) is 548 cm³/mol. The van der Waals surface area contributed by atoms with E-state index in [1.165, 1.54) is 193 Å². The third-order valence-corrected chi connectivity index (χ3v) is 31.7. The summed E-state index contributed by atoms with van der Waals surface area (Å²) in [6.07, 6.45) is 0. The molecular formula is C120H74N6S3. The number of fused-ring (bicyclic) bond motifs is 24. The van der Waals surface area contributed by atoms with E-state index >= 15 is 0 Å². The topological polar surface area (TPSA) is 29.6 Å². The second-order valence-electron chi connectivity index (χ2n) is 34.4. The molecule has 1 aliphatic rings. The Labute approximate surface area is 753 Å². The summed E-state index contributed by atoms with van der Waals surface area (Å²) >= 11 is 6.03. The summed E-state index contributed by atoms with van der Waals surface area (Å²) in [7, 11) is 0. The van der Waals surface area contributed by atoms with Gasteiger partial charge in [0.1, 0.15) is 0 Å². The summed E-state index contributed by atoms with van der Waals surface area (Å²) in [4.78, 5) is 3.77. The number of aromatic nitrogens is 6. The first-order chi connectivity index (χ1) is 64.0. The molecular weight excluding hydrogens is 1620 g/mol. The van der Waals surface area contributed by atoms with Crippen LogP contribution in [0.1, 0.15) is 27.9 Å². The molecule has 0 bridgehead atoms. The van der Waals surface area contributed by atoms with E-state index in [0.717, 1.165) is 56.4 Å². The smallest absolute Gasteiger partial charge is 0.0541 e. The minimum atomic E-state index is -0.155. The molecule has 9 heterocycles. The molecule has 27 aromatic rings. The van der Waals surface area contributed by atoms with Crippen LogP contribution < -0.4 is 0 Å². The highest BCUT2D eigenvalue weighted by molar-refractivity contribution is 8.00. The van der Waals surface area contributed by atoms with Crippen LogP contribution in [0.25, 0.3) is 228 Å². The molecule has 6 nitrogen and oxygen atoms in total. The second kappa shape index (κ2) is 28.4. The lowest BCUT2D eigenvalue weighted by molar-refractivity contribution is 0.806. The number of thiophene rings is 2. The maximum absolute atomic E-state index is 2.48. The van der Waals surface area contributed by atoms with Gasteiger partial charge in [-0.3, -0.25) is 0 Å². The molecule has 0 radical (unpaired) electrons. The first kappa shape index (κ1) is 72.5. The fourth-order valence-corrected chi connectivity index (χ4v) is 26.8. The van der Waals surface area contributed by atoms with Crippen LogP contribution in [-0.4, -0.2) is 27.4 Å². The van der Waals surface area contributed by atoms with Gasteiger partial charge >= 0.3 is 0 Å². The highest BCUT2D eigenvalue weighted by Gasteiger charge is 2.42. The van der Waals surface area contributed by atoms with E-state index in [2.05, 4.69) is 476 Å². The molecule has 0 fully saturated rings. The highest BCUT2D eigenvalue weighted by atomic mass is 32.2. The molecule has 0 spiro atoms. The van der Waals surface area contributed by atoms with Gasteiger partial charge in [0.05, 0.1) is 66.2 Å². The van der Waals surface area contributed by atoms with Crippen molar-refractivity contribution in [1.29, 1.82) is 0 Å². The van der Waals surface area contributed by atoms with Crippen molar-refractivity contribution in [1.82, 2.24) is 27.4 Å². The minimum Gasteiger partial charge on any atom is -0.309 e. The zero-order chi connectivity index (χ0) is 84.2. The molecule has 602 valence electrons. The molecule has 0 N–H and O–H groups in total. The number of para-hydroxylation sites is 12. The van der Waals surface area contributed by atoms with Crippen LogP contribution >= 0.6 is 34.4 Å². The van der Waals surface area contributed by atoms with Crippen molar-refractivity contribution in [2.45, 2.75) is 16.1 Å². The van der Waals surface area contributed by atoms with Gasteiger partial charge in [-0.25, -0.2) is 0 Å². The van der Waals surface area contributed by atoms with Crippen molar-refractivity contribution < 1.29 is 0 Å². The van der Waals surface area contributed by atoms with Crippen molar-refractivity contribution in [2.75, 3.05) is 0 Å². The molecule has 0 amide bonds. The maximum atomic E-state index is 2.48. The fraction of sp³-hybridized carbons (Fsp3) is 0.0167. The molecule has 0 saturated heterocycles. The second-order valence-corrected chi connectivity index (χ2v) is 37.6. The molecule has 9 heteroatoms. The Bertz CT molecular complexity index is 9010. The fourth-order valence-electron chi connectivity index (χ4n) is 22.1. The Morgan fingerprint density at radius 3 is 0.628 bits per heavy atom. The number of hydrogen-bond donors (Lipinski definition) is 0. The standard InChI is InChI=1S/C120H74N6S3/c1-13-37-97-85(25-1)86-26-2-14-38-98(86)121(97)79-61-49-73(50-62-79)109-112-118(127-115(109)76-55-67-82(68-56-76)124-103-43-19-7-31-91(103)92-32-8-20-44-104(92)124)113-110(74-51-63-80(64-52-74)122-99-39-15-3-27-87(99)88-28-4-16-40-100(88)122)117(78-59-71-84(72-60-78)126-107-47-23-11-35-95(107)96-36-12-24-48-108(96)126)129-120(113)114-111(75-53-65-81(66-54-75)123-101-41-17-5-29-89(101)90-30-6-18-42-102(90)123)116(128-119(112)114)77-57-69-83(70-58-77)125-105-45-21-9-33-93(105)94-34-10-22-46-106(94)125/h1-72,109,115H. The van der Waals surface area contributed by atoms with E-state index in [9.17, 15) is 0 Å². The Hall–Kier alpha value is -15.8. The minimum absolute atomic E-state index is 0.0931. The first-order valence-corrected chi connectivity index (χ1v) is 46.8. The lowest BCUT2D eigenvalue weighted by Gasteiger charge is -2.22. The van der Waals surface area contributed by atoms with Gasteiger partial charge in [0, 0.05) is 156 Å². The Balaban J connectivity index is 0.742. The molecule has 129 heavy (non-hydrogen) atoms. The van der Waals surface area contributed by atoms with E-state index in [4.69, 9.17) is 0 Å². The normalized spacial score (nSPS) is 13.7. The zero-order valence-corrected chi connectivity index (χ0v) is 72.1. The highest BCUT2D eigenvalue weighted by Crippen LogP contribution is 2.67. The summed E-state index contributed by atoms with van der Waals surface area (Å²) in [5, 5.41) is 17.4. The zero-order valence-electron chi connectivity index (χ0n) is 69.6. The number of hydrogen-bond acceptors (Lipinski definition) is 3. The third kappa shape index (κ3) is 10.8. The summed E-state index contributed by atoms with van der Waals surface area (Å²) in [5.74, 6) is -0.155. The molecule has 2 unspecified atom stereocenters. The quantitative estimate of drug-likeness (QED) is 0.120. The Morgan fingerprint density at radius 2 is 0.380 bits per heavy atom. The third-order valence-electron chi connectivity index (χ3n) is 27.7. The molecule has 19 aromatic carbocycles. The van der Waals surface area contributed by atoms with Crippen molar-refractivity contribution >= 4 is 185 Å². The van der Waals surface area contributed by atoms with Crippen LogP contribution in [0.4, 0.5) is 0 Å². The lowest BCUT2D eigenvalue weighted by Crippen LogP contribution is -2.07. The first-order valence-electron chi connectivity index (χ1n) is 44.3. The number of benzene rings is 19. The van der Waals surface area contributed by atoms with Crippen molar-refractivity contribution in [3.63, 3.8) is 0 Å². The van der Waals surface area contributed by atoms with Gasteiger partial charge in [0.15, 0.2) is 0 Å². The molecule has 28 rings (SSSR count). The lowest BCUT2D eigenvalue weighted by atomic mass is 9.83. The Morgan fingerprint density at radius 1 is 0.178 bits per heavy atom. The maximum Gasteiger partial charge on any atom is 0.0541 e. The van der Waals surface area contributed by atoms with Gasteiger partial charge < -0.3 is 27.4 Å². The predicted octanol–water partition coefficient (Wildman–Crippen LogP) is 33.3. The van der Waals surface area contributed by atoms with Gasteiger partial charge in [0.25, 0.3) is 0 Å². The van der Waals surface area contributed by atoms with E-state index in [1.54, 1.807) is 0 Å². The number of nitrogens with zero attached hydrogens (tertiary/aromatic N) is 6. The number of thioether (sulfide) groups is 1. The van der Waals surface area contributed by atoms with Crippen LogP contribution in [-0.2, 0) is 0 Å². The SMILES string of the molecule is c1ccc2c(c1)c1ccccc1n2-c1ccc(-c2sc3c(c4c(c5sc(-c6ccc(-n7c8ccccc8c8ccccc87)cc6)c(-c6ccc(-n7c8ccccc8c8ccccc87)cc6)c53)C(c3ccc(-n5c6ccccc6c6ccccc65)cc3)C(c3ccc(-n5c6ccccc6c6ccccc65)cc3)S4)c2-c2ccc(-n3c4ccccc4c4ccccc43)cc2)cc1. The summed E-state index contributed by atoms with van der Waals surface area (Å²) in [5.41, 5.74) is 31.9. The van der Waals surface area contributed by atoms with Crippen LogP contribution in [0, 0.1) is 0 Å². The molecule has 2 atom stereocenters. The van der Waals surface area contributed by atoms with Crippen molar-refractivity contribution in [3.8, 4) is 77.3 Å². The van der Waals surface area contributed by atoms with Gasteiger partial charge in [0.2, 0.25) is 0 Å². The average Bonchev–Trinajstić information content (AvgIpc) is 1.52. The molecule has 8 aromatic heterocycles. The van der Waals surface area contributed by atoms with Crippen LogP contribution in [0.3, 0.4) is 0 Å². The van der Waals surface area contributed by atoms with E-state index < -0.39 is 0 Å². The van der Waals surface area contributed by atoms with Crippen LogP contribution in [0.15, 0.2) is 442 Å². The van der Waals surface area contributed by atoms with Gasteiger partial charge in [-0.15, -0.1) is 34.4 Å². The van der Waals surface area contributed by atoms with E-state index in [1.807, 2.05) is 22.7 Å². The largest absolute Gasteiger partial charge is 0.309 e. The summed E-state index contributed by atoms with van der Waals surface area (Å²) in [6, 6.07) is 165. The van der Waals surface area contributed by atoms with Gasteiger partial charge in [-0.2, -0.15) is 0 Å². The van der Waals surface area contributed by atoms with Gasteiger partial charge in [-0.05, 0) is 185 Å². The Kier molecular flexibility index (Phi) is 16.0. The summed E-state index contributed by atoms with van der Waals surface area (Å²) < 4.78 is 17.3. The van der Waals surface area contributed by atoms with E-state index in [-0.39, 0.29) is 11.2 Å². The number of rotatable bonds is 12. The van der Waals surface area contributed by atoms with E-state index in [0.29, 0.717) is 0 Å². The van der Waals surface area contributed by atoms with Crippen molar-refractivity contribution in [3.05, 3.63) is 453 Å². The van der Waals surface area contributed by atoms with Crippen LogP contribution in [0.2, 0.25) is 0 Å². The summed E-state index contributed by atoms with van der Waals surface area (Å²) in [6.45, 7) is 0.